The number of hydrogen-bond donors (Lipinski definition) is 1. The number of halogens is 1. The summed E-state index contributed by atoms with van der Waals surface area (Å²) in [5.41, 5.74) is 1.17. The number of nitrogens with one attached hydrogen (secondary N) is 1. The summed E-state index contributed by atoms with van der Waals surface area (Å²) in [6.07, 6.45) is 3.78. The van der Waals surface area contributed by atoms with Crippen molar-refractivity contribution in [2.24, 2.45) is 5.92 Å². The number of nitrogens with zero attached hydrogens (tertiary/aromatic N) is 2. The Hall–Kier alpha value is -1.97. The van der Waals surface area contributed by atoms with Gasteiger partial charge in [0.15, 0.2) is 17.3 Å². The normalized spacial score (nSPS) is 16.5. The molecular weight excluding hydrogens is 373 g/mol. The summed E-state index contributed by atoms with van der Waals surface area (Å²) in [5, 5.41) is 0.689. The van der Waals surface area contributed by atoms with Crippen LogP contribution in [0, 0.1) is 11.7 Å². The molecule has 1 aromatic heterocycles. The van der Waals surface area contributed by atoms with E-state index in [2.05, 4.69) is 9.71 Å². The second-order valence-corrected chi connectivity index (χ2v) is 7.29. The third-order valence-corrected chi connectivity index (χ3v) is 5.44. The van der Waals surface area contributed by atoms with Gasteiger partial charge in [0.2, 0.25) is 0 Å². The first-order valence-electron chi connectivity index (χ1n) is 8.81. The summed E-state index contributed by atoms with van der Waals surface area (Å²) in [7, 11) is 3.10. The van der Waals surface area contributed by atoms with E-state index in [1.807, 2.05) is 4.90 Å². The van der Waals surface area contributed by atoms with Gasteiger partial charge in [-0.1, -0.05) is 0 Å². The fourth-order valence-electron chi connectivity index (χ4n) is 3.59. The Labute approximate surface area is 160 Å². The van der Waals surface area contributed by atoms with Crippen molar-refractivity contribution < 1.29 is 22.6 Å². The highest BCUT2D eigenvalue weighted by atomic mass is 32.2. The molecule has 1 aliphatic rings. The molecule has 0 amide bonds. The molecule has 9 heteroatoms. The highest BCUT2D eigenvalue weighted by molar-refractivity contribution is 7.77. The van der Waals surface area contributed by atoms with Crippen molar-refractivity contribution in [2.75, 3.05) is 38.8 Å². The molecule has 0 radical (unpaired) electrons. The predicted octanol–water partition coefficient (Wildman–Crippen LogP) is 2.38. The number of benzene rings is 1. The lowest BCUT2D eigenvalue weighted by atomic mass is 9.93. The Kier molecular flexibility index (Phi) is 6.46. The standard InChI is InChI=1S/C18H24FN3O4S/c1-25-16-9-13-15(10-17(16)26-2)20-11-14(19)18(13)22-7-4-12(5-8-22)3-6-21-27(23)24/h9-12,21H,3-8H2,1-2H3,(H,23,24)/p-1. The van der Waals surface area contributed by atoms with Crippen molar-refractivity contribution in [3.05, 3.63) is 24.1 Å². The van der Waals surface area contributed by atoms with Gasteiger partial charge in [-0.05, 0) is 31.2 Å². The second-order valence-electron chi connectivity index (χ2n) is 6.53. The van der Waals surface area contributed by atoms with Crippen LogP contribution < -0.4 is 19.1 Å². The van der Waals surface area contributed by atoms with Crippen molar-refractivity contribution in [1.82, 2.24) is 9.71 Å². The molecule has 1 atom stereocenters. The average molecular weight is 396 g/mol. The Bertz CT molecular complexity index is 828. The number of methoxy groups -OCH3 is 2. The van der Waals surface area contributed by atoms with Crippen LogP contribution in [0.4, 0.5) is 10.1 Å². The van der Waals surface area contributed by atoms with Gasteiger partial charge in [-0.2, -0.15) is 0 Å². The van der Waals surface area contributed by atoms with Crippen LogP contribution in [0.3, 0.4) is 0 Å². The maximum Gasteiger partial charge on any atom is 0.165 e. The summed E-state index contributed by atoms with van der Waals surface area (Å²) < 4.78 is 48.8. The largest absolute Gasteiger partial charge is 0.760 e. The van der Waals surface area contributed by atoms with E-state index in [4.69, 9.17) is 9.47 Å². The van der Waals surface area contributed by atoms with Crippen molar-refractivity contribution >= 4 is 27.9 Å². The zero-order chi connectivity index (χ0) is 19.4. The van der Waals surface area contributed by atoms with Gasteiger partial charge in [0.1, 0.15) is 0 Å². The van der Waals surface area contributed by atoms with Crippen LogP contribution in [0.1, 0.15) is 19.3 Å². The number of anilines is 1. The zero-order valence-corrected chi connectivity index (χ0v) is 16.2. The molecule has 27 heavy (non-hydrogen) atoms. The summed E-state index contributed by atoms with van der Waals surface area (Å²) in [6, 6.07) is 3.51. The molecule has 1 fully saturated rings. The first-order chi connectivity index (χ1) is 13.0. The molecule has 0 spiro atoms. The lowest BCUT2D eigenvalue weighted by Gasteiger charge is -2.34. The lowest BCUT2D eigenvalue weighted by Crippen LogP contribution is -2.35. The van der Waals surface area contributed by atoms with Gasteiger partial charge in [0.05, 0.1) is 31.6 Å². The molecule has 1 aliphatic heterocycles. The van der Waals surface area contributed by atoms with E-state index >= 15 is 0 Å². The van der Waals surface area contributed by atoms with Crippen molar-refractivity contribution in [1.29, 1.82) is 0 Å². The molecule has 1 aromatic carbocycles. The first kappa shape index (κ1) is 19.8. The van der Waals surface area contributed by atoms with Gasteiger partial charge >= 0.3 is 0 Å². The Morgan fingerprint density at radius 2 is 1.96 bits per heavy atom. The molecule has 1 saturated heterocycles. The van der Waals surface area contributed by atoms with Gasteiger partial charge in [-0.25, -0.2) is 9.11 Å². The molecular formula is C18H23FN3O4S-. The summed E-state index contributed by atoms with van der Waals surface area (Å²) >= 11 is -2.22. The van der Waals surface area contributed by atoms with E-state index in [9.17, 15) is 13.2 Å². The maximum atomic E-state index is 14.7. The molecule has 0 bridgehead atoms. The maximum absolute atomic E-state index is 14.7. The molecule has 148 valence electrons. The molecule has 0 saturated carbocycles. The minimum absolute atomic E-state index is 0.364. The zero-order valence-electron chi connectivity index (χ0n) is 15.4. The van der Waals surface area contributed by atoms with Gasteiger partial charge in [0, 0.05) is 42.4 Å². The van der Waals surface area contributed by atoms with Crippen LogP contribution >= 0.6 is 0 Å². The molecule has 7 nitrogen and oxygen atoms in total. The minimum Gasteiger partial charge on any atom is -0.760 e. The Morgan fingerprint density at radius 3 is 2.59 bits per heavy atom. The van der Waals surface area contributed by atoms with Crippen LogP contribution in [0.5, 0.6) is 11.5 Å². The van der Waals surface area contributed by atoms with Gasteiger partial charge in [-0.15, -0.1) is 0 Å². The average Bonchev–Trinajstić information content (AvgIpc) is 2.67. The van der Waals surface area contributed by atoms with Gasteiger partial charge in [0.25, 0.3) is 0 Å². The number of fused-ring (bicyclic) bond motifs is 1. The monoisotopic (exact) mass is 396 g/mol. The molecule has 1 N–H and O–H groups in total. The Balaban J connectivity index is 1.80. The van der Waals surface area contributed by atoms with E-state index in [1.165, 1.54) is 6.20 Å². The fourth-order valence-corrected chi connectivity index (χ4v) is 3.88. The number of rotatable bonds is 7. The van der Waals surface area contributed by atoms with Crippen LogP contribution in [-0.2, 0) is 11.3 Å². The molecule has 2 heterocycles. The number of pyridine rings is 1. The minimum atomic E-state index is -2.22. The first-order valence-corrected chi connectivity index (χ1v) is 9.89. The highest BCUT2D eigenvalue weighted by Gasteiger charge is 2.24. The van der Waals surface area contributed by atoms with E-state index in [0.29, 0.717) is 53.6 Å². The smallest absolute Gasteiger partial charge is 0.165 e. The van der Waals surface area contributed by atoms with Crippen molar-refractivity contribution in [2.45, 2.75) is 19.3 Å². The van der Waals surface area contributed by atoms with Crippen LogP contribution in [0.25, 0.3) is 10.9 Å². The van der Waals surface area contributed by atoms with Gasteiger partial charge in [-0.3, -0.25) is 9.19 Å². The van der Waals surface area contributed by atoms with E-state index < -0.39 is 11.3 Å². The number of ether oxygens (including phenoxy) is 2. The molecule has 1 unspecified atom stereocenters. The summed E-state index contributed by atoms with van der Waals surface area (Å²) in [4.78, 5) is 6.22. The van der Waals surface area contributed by atoms with E-state index in [0.717, 1.165) is 19.3 Å². The third-order valence-electron chi connectivity index (χ3n) is 5.00. The quantitative estimate of drug-likeness (QED) is 0.723. The van der Waals surface area contributed by atoms with E-state index in [1.54, 1.807) is 26.4 Å². The molecule has 0 aliphatic carbocycles. The van der Waals surface area contributed by atoms with Crippen LogP contribution in [-0.4, -0.2) is 47.6 Å². The predicted molar refractivity (Wildman–Crippen MR) is 101 cm³/mol. The van der Waals surface area contributed by atoms with Crippen LogP contribution in [0.15, 0.2) is 18.3 Å². The van der Waals surface area contributed by atoms with Crippen LogP contribution in [0.2, 0.25) is 0 Å². The summed E-state index contributed by atoms with van der Waals surface area (Å²) in [5.74, 6) is 1.14. The highest BCUT2D eigenvalue weighted by Crippen LogP contribution is 2.38. The molecule has 2 aromatic rings. The van der Waals surface area contributed by atoms with Crippen molar-refractivity contribution in [3.63, 3.8) is 0 Å². The number of piperidine rings is 1. The van der Waals surface area contributed by atoms with Crippen molar-refractivity contribution in [3.8, 4) is 11.5 Å². The van der Waals surface area contributed by atoms with E-state index in [-0.39, 0.29) is 5.82 Å². The number of aromatic nitrogens is 1. The topological polar surface area (TPSA) is 86.8 Å². The SMILES string of the molecule is COc1cc2ncc(F)c(N3CCC(CCNS(=O)[O-])CC3)c2cc1OC. The summed E-state index contributed by atoms with van der Waals surface area (Å²) in [6.45, 7) is 1.84. The van der Waals surface area contributed by atoms with Gasteiger partial charge < -0.3 is 18.9 Å². The number of hydrogen-bond acceptors (Lipinski definition) is 6. The Morgan fingerprint density at radius 1 is 1.30 bits per heavy atom. The second kappa shape index (κ2) is 8.81. The third kappa shape index (κ3) is 4.48. The molecule has 3 rings (SSSR count). The lowest BCUT2D eigenvalue weighted by molar-refractivity contribution is 0.355. The fraction of sp³-hybridized carbons (Fsp3) is 0.500.